The highest BCUT2D eigenvalue weighted by molar-refractivity contribution is 7.92. The number of carbonyl (C=O) groups excluding carboxylic acids is 1. The highest BCUT2D eigenvalue weighted by atomic mass is 32.2. The van der Waals surface area contributed by atoms with Gasteiger partial charge in [0.15, 0.2) is 0 Å². The van der Waals surface area contributed by atoms with E-state index in [0.29, 0.717) is 25.1 Å². The van der Waals surface area contributed by atoms with Crippen molar-refractivity contribution in [2.75, 3.05) is 43.4 Å². The molecule has 224 valence electrons. The van der Waals surface area contributed by atoms with E-state index in [1.807, 2.05) is 48.0 Å². The highest BCUT2D eigenvalue weighted by Gasteiger charge is 2.30. The van der Waals surface area contributed by atoms with Gasteiger partial charge in [0.05, 0.1) is 35.7 Å². The Kier molecular flexibility index (Phi) is 9.62. The van der Waals surface area contributed by atoms with Crippen molar-refractivity contribution < 1.29 is 36.2 Å². The van der Waals surface area contributed by atoms with Gasteiger partial charge in [-0.3, -0.25) is 9.10 Å². The van der Waals surface area contributed by atoms with Crippen LogP contribution in [-0.4, -0.2) is 81.4 Å². The number of ether oxygens (including phenoxy) is 1. The highest BCUT2D eigenvalue weighted by Crippen LogP contribution is 2.37. The second-order valence-corrected chi connectivity index (χ2v) is 12.2. The third-order valence-electron chi connectivity index (χ3n) is 7.15. The van der Waals surface area contributed by atoms with Crippen LogP contribution in [0, 0.1) is 0 Å². The maximum atomic E-state index is 13.6. The topological polar surface area (TPSA) is 113 Å². The minimum atomic E-state index is -4.41. The van der Waals surface area contributed by atoms with Crippen LogP contribution in [-0.2, 0) is 34.1 Å². The van der Waals surface area contributed by atoms with E-state index in [9.17, 15) is 31.5 Å². The lowest BCUT2D eigenvalue weighted by Gasteiger charge is -2.25. The molecule has 3 aromatic rings. The lowest BCUT2D eigenvalue weighted by Crippen LogP contribution is -2.49. The van der Waals surface area contributed by atoms with Gasteiger partial charge >= 0.3 is 6.18 Å². The zero-order valence-electron chi connectivity index (χ0n) is 22.9. The summed E-state index contributed by atoms with van der Waals surface area (Å²) in [6.45, 7) is 1.13. The normalized spacial score (nSPS) is 16.4. The van der Waals surface area contributed by atoms with Gasteiger partial charge in [-0.1, -0.05) is 30.3 Å². The molecule has 0 bridgehead atoms. The molecule has 1 amide bonds. The fourth-order valence-corrected chi connectivity index (χ4v) is 6.17. The molecule has 0 saturated carbocycles. The van der Waals surface area contributed by atoms with E-state index in [0.717, 1.165) is 22.0 Å². The Hall–Kier alpha value is -3.13. The predicted molar refractivity (Wildman–Crippen MR) is 151 cm³/mol. The number of rotatable bonds is 12. The number of aliphatic hydroxyl groups is 1. The van der Waals surface area contributed by atoms with Crippen molar-refractivity contribution in [2.45, 2.75) is 44.6 Å². The Labute approximate surface area is 237 Å². The molecule has 0 saturated heterocycles. The number of nitrogens with one attached hydrogen (secondary N) is 2. The Bertz CT molecular complexity index is 1460. The summed E-state index contributed by atoms with van der Waals surface area (Å²) in [5, 5.41) is 17.5. The molecule has 1 aromatic heterocycles. The molecule has 2 atom stereocenters. The van der Waals surface area contributed by atoms with Crippen molar-refractivity contribution in [1.82, 2.24) is 15.2 Å². The molecule has 0 radical (unpaired) electrons. The van der Waals surface area contributed by atoms with Crippen molar-refractivity contribution in [2.24, 2.45) is 0 Å². The first-order valence-electron chi connectivity index (χ1n) is 13.4. The minimum absolute atomic E-state index is 0.000466. The number of halogens is 3. The molecule has 13 heteroatoms. The number of alkyl halides is 3. The summed E-state index contributed by atoms with van der Waals surface area (Å²) in [5.41, 5.74) is 3.18. The molecule has 0 spiro atoms. The second kappa shape index (κ2) is 12.8. The van der Waals surface area contributed by atoms with Gasteiger partial charge in [-0.15, -0.1) is 0 Å². The number of carbonyl (C=O) groups is 1. The standard InChI is InChI=1S/C28H35F3N4O5S/c1-3-35-17-20-9-12-41(38,39)34(2)23-14-21(15-24(35)26(20)23)27(37)33-22(13-19-7-5-4-6-8-19)25(36)16-32-10-11-40-18-28(29,30)31/h4-8,14-15,17,22,25,32,36H,3,9-13,16,18H2,1-2H3,(H,33,37)/t22?,25-/m1/s1. The van der Waals surface area contributed by atoms with Crippen LogP contribution in [0.1, 0.15) is 28.4 Å². The van der Waals surface area contributed by atoms with Crippen molar-refractivity contribution >= 4 is 32.5 Å². The minimum Gasteiger partial charge on any atom is -0.390 e. The van der Waals surface area contributed by atoms with E-state index in [1.54, 1.807) is 12.1 Å². The number of benzene rings is 2. The van der Waals surface area contributed by atoms with Crippen LogP contribution in [0.2, 0.25) is 0 Å². The van der Waals surface area contributed by atoms with Gasteiger partial charge in [-0.25, -0.2) is 8.42 Å². The summed E-state index contributed by atoms with van der Waals surface area (Å²) in [4.78, 5) is 13.6. The zero-order valence-corrected chi connectivity index (χ0v) is 23.8. The molecule has 2 heterocycles. The van der Waals surface area contributed by atoms with Crippen LogP contribution in [0.25, 0.3) is 10.9 Å². The molecule has 4 rings (SSSR count). The number of hydrogen-bond donors (Lipinski definition) is 3. The molecule has 3 N–H and O–H groups in total. The average Bonchev–Trinajstić information content (AvgIpc) is 3.26. The first-order valence-corrected chi connectivity index (χ1v) is 15.0. The number of anilines is 1. The summed E-state index contributed by atoms with van der Waals surface area (Å²) >= 11 is 0. The Balaban J connectivity index is 1.55. The zero-order chi connectivity index (χ0) is 29.8. The molecule has 2 aromatic carbocycles. The van der Waals surface area contributed by atoms with Crippen LogP contribution >= 0.6 is 0 Å². The van der Waals surface area contributed by atoms with Crippen molar-refractivity contribution in [3.05, 3.63) is 65.4 Å². The number of hydrogen-bond acceptors (Lipinski definition) is 6. The smallest absolute Gasteiger partial charge is 0.390 e. The predicted octanol–water partition coefficient (Wildman–Crippen LogP) is 2.85. The third kappa shape index (κ3) is 7.59. The monoisotopic (exact) mass is 596 g/mol. The first-order chi connectivity index (χ1) is 19.4. The van der Waals surface area contributed by atoms with E-state index >= 15 is 0 Å². The van der Waals surface area contributed by atoms with E-state index in [4.69, 9.17) is 0 Å². The number of amides is 1. The number of aryl methyl sites for hydroxylation is 2. The molecule has 9 nitrogen and oxygen atoms in total. The van der Waals surface area contributed by atoms with Gasteiger partial charge in [0, 0.05) is 43.8 Å². The fourth-order valence-electron chi connectivity index (χ4n) is 4.97. The van der Waals surface area contributed by atoms with Crippen LogP contribution in [0.15, 0.2) is 48.7 Å². The van der Waals surface area contributed by atoms with Crippen molar-refractivity contribution in [3.8, 4) is 0 Å². The number of sulfonamides is 1. The third-order valence-corrected chi connectivity index (χ3v) is 8.90. The van der Waals surface area contributed by atoms with E-state index in [1.165, 1.54) is 11.4 Å². The Morgan fingerprint density at radius 1 is 1.20 bits per heavy atom. The summed E-state index contributed by atoms with van der Waals surface area (Å²) < 4.78 is 70.3. The summed E-state index contributed by atoms with van der Waals surface area (Å²) in [6.07, 6.45) is -2.91. The van der Waals surface area contributed by atoms with Gasteiger partial charge in [0.2, 0.25) is 10.0 Å². The van der Waals surface area contributed by atoms with Gasteiger partial charge in [0.1, 0.15) is 6.61 Å². The summed E-state index contributed by atoms with van der Waals surface area (Å²) in [7, 11) is -2.09. The summed E-state index contributed by atoms with van der Waals surface area (Å²) in [5.74, 6) is -0.528. The number of nitrogens with zero attached hydrogens (tertiary/aromatic N) is 2. The van der Waals surface area contributed by atoms with Gasteiger partial charge in [-0.2, -0.15) is 13.2 Å². The average molecular weight is 597 g/mol. The number of aromatic nitrogens is 1. The first kappa shape index (κ1) is 30.8. The number of aliphatic hydroxyl groups excluding tert-OH is 1. The molecule has 0 aliphatic carbocycles. The van der Waals surface area contributed by atoms with Crippen LogP contribution in [0.4, 0.5) is 18.9 Å². The molecule has 1 aliphatic rings. The van der Waals surface area contributed by atoms with E-state index < -0.39 is 40.9 Å². The largest absolute Gasteiger partial charge is 0.411 e. The quantitative estimate of drug-likeness (QED) is 0.277. The van der Waals surface area contributed by atoms with Crippen LogP contribution < -0.4 is 14.9 Å². The molecular weight excluding hydrogens is 561 g/mol. The maximum absolute atomic E-state index is 13.6. The Morgan fingerprint density at radius 2 is 1.93 bits per heavy atom. The lowest BCUT2D eigenvalue weighted by atomic mass is 10.00. The molecule has 1 unspecified atom stereocenters. The molecule has 1 aliphatic heterocycles. The van der Waals surface area contributed by atoms with Gasteiger partial charge in [-0.05, 0) is 43.0 Å². The van der Waals surface area contributed by atoms with E-state index in [2.05, 4.69) is 15.4 Å². The Morgan fingerprint density at radius 3 is 2.61 bits per heavy atom. The molecule has 41 heavy (non-hydrogen) atoms. The lowest BCUT2D eigenvalue weighted by molar-refractivity contribution is -0.173. The van der Waals surface area contributed by atoms with Crippen molar-refractivity contribution in [3.63, 3.8) is 0 Å². The molecular formula is C28H35F3N4O5S. The van der Waals surface area contributed by atoms with Gasteiger partial charge in [0.25, 0.3) is 5.91 Å². The fraction of sp³-hybridized carbons (Fsp3) is 0.464. The van der Waals surface area contributed by atoms with Gasteiger partial charge < -0.3 is 25.0 Å². The maximum Gasteiger partial charge on any atom is 0.411 e. The van der Waals surface area contributed by atoms with Crippen molar-refractivity contribution in [1.29, 1.82) is 0 Å². The van der Waals surface area contributed by atoms with Crippen LogP contribution in [0.5, 0.6) is 0 Å². The molecule has 0 fully saturated rings. The summed E-state index contributed by atoms with van der Waals surface area (Å²) in [6, 6.07) is 11.8. The second-order valence-electron chi connectivity index (χ2n) is 10.1. The SMILES string of the molecule is CCn1cc2c3c(cc(C(=O)NC(Cc4ccccc4)[C@H](O)CNCCOCC(F)(F)F)cc31)N(C)S(=O)(=O)CC2. The van der Waals surface area contributed by atoms with Crippen LogP contribution in [0.3, 0.4) is 0 Å². The van der Waals surface area contributed by atoms with E-state index in [-0.39, 0.29) is 31.0 Å².